The van der Waals surface area contributed by atoms with Crippen molar-refractivity contribution in [3.63, 3.8) is 0 Å². The van der Waals surface area contributed by atoms with Crippen molar-refractivity contribution in [1.29, 1.82) is 0 Å². The lowest BCUT2D eigenvalue weighted by atomic mass is 10.1. The minimum absolute atomic E-state index is 0.0275. The average Bonchev–Trinajstić information content (AvgIpc) is 3.07. The summed E-state index contributed by atoms with van der Waals surface area (Å²) in [5.74, 6) is -2.41. The van der Waals surface area contributed by atoms with Crippen LogP contribution in [0.15, 0.2) is 47.4 Å². The number of nitrogens with one attached hydrogen (secondary N) is 2. The third kappa shape index (κ3) is 4.69. The molecule has 0 atom stereocenters. The number of aromatic nitrogens is 3. The third-order valence-corrected chi connectivity index (χ3v) is 5.64. The van der Waals surface area contributed by atoms with Crippen LogP contribution in [-0.2, 0) is 14.8 Å². The van der Waals surface area contributed by atoms with Gasteiger partial charge in [0.1, 0.15) is 5.82 Å². The number of nitrogens with two attached hydrogens (primary N) is 1. The molecule has 31 heavy (non-hydrogen) atoms. The van der Waals surface area contributed by atoms with E-state index >= 15 is 0 Å². The molecular formula is C19H19FN6O4S. The van der Waals surface area contributed by atoms with E-state index in [-0.39, 0.29) is 28.8 Å². The maximum Gasteiger partial charge on any atom is 0.284 e. The van der Waals surface area contributed by atoms with Crippen LogP contribution in [0.5, 0.6) is 0 Å². The smallest absolute Gasteiger partial charge is 0.284 e. The van der Waals surface area contributed by atoms with Gasteiger partial charge in [0.15, 0.2) is 0 Å². The van der Waals surface area contributed by atoms with Crippen molar-refractivity contribution in [2.75, 3.05) is 11.1 Å². The maximum atomic E-state index is 14.1. The molecule has 0 unspecified atom stereocenters. The number of anilines is 3. The molecule has 0 radical (unpaired) electrons. The molecule has 162 valence electrons. The third-order valence-electron chi connectivity index (χ3n) is 4.25. The lowest BCUT2D eigenvalue weighted by molar-refractivity contribution is -0.119. The largest absolute Gasteiger partial charge is 0.368 e. The maximum absolute atomic E-state index is 14.1. The average molecular weight is 446 g/mol. The van der Waals surface area contributed by atoms with Gasteiger partial charge >= 0.3 is 0 Å². The van der Waals surface area contributed by atoms with E-state index in [1.807, 2.05) is 4.72 Å². The Kier molecular flexibility index (Phi) is 6.02. The van der Waals surface area contributed by atoms with Crippen molar-refractivity contribution in [1.82, 2.24) is 19.5 Å². The van der Waals surface area contributed by atoms with Crippen LogP contribution in [-0.4, -0.2) is 35.0 Å². The Morgan fingerprint density at radius 2 is 1.84 bits per heavy atom. The lowest BCUT2D eigenvalue weighted by Crippen LogP contribution is -2.29. The number of nitrogen functional groups attached to an aromatic ring is 1. The summed E-state index contributed by atoms with van der Waals surface area (Å²) in [6.45, 7) is 3.12. The molecule has 0 saturated heterocycles. The van der Waals surface area contributed by atoms with Crippen molar-refractivity contribution < 1.29 is 22.4 Å². The predicted octanol–water partition coefficient (Wildman–Crippen LogP) is 1.95. The zero-order valence-electron chi connectivity index (χ0n) is 16.6. The van der Waals surface area contributed by atoms with Crippen molar-refractivity contribution >= 4 is 39.4 Å². The highest BCUT2D eigenvalue weighted by Crippen LogP contribution is 2.20. The molecule has 2 aromatic carbocycles. The molecule has 1 heterocycles. The molecule has 1 amide bonds. The molecule has 4 N–H and O–H groups in total. The molecule has 3 rings (SSSR count). The highest BCUT2D eigenvalue weighted by Gasteiger charge is 2.21. The summed E-state index contributed by atoms with van der Waals surface area (Å²) in [6.07, 6.45) is 0.0275. The van der Waals surface area contributed by atoms with Crippen LogP contribution in [0.3, 0.4) is 0 Å². The van der Waals surface area contributed by atoms with E-state index in [1.165, 1.54) is 37.3 Å². The molecule has 0 aliphatic carbocycles. The van der Waals surface area contributed by atoms with Crippen LogP contribution >= 0.6 is 0 Å². The summed E-state index contributed by atoms with van der Waals surface area (Å²) in [5, 5.41) is 6.74. The summed E-state index contributed by atoms with van der Waals surface area (Å²) < 4.78 is 41.0. The number of amides is 1. The van der Waals surface area contributed by atoms with Crippen molar-refractivity contribution in [3.05, 3.63) is 59.4 Å². The number of halogens is 1. The number of hydrogen-bond acceptors (Lipinski definition) is 8. The van der Waals surface area contributed by atoms with E-state index in [0.29, 0.717) is 11.3 Å². The second-order valence-electron chi connectivity index (χ2n) is 6.47. The minimum atomic E-state index is -3.98. The number of sulfonamides is 1. The van der Waals surface area contributed by atoms with E-state index in [2.05, 4.69) is 15.4 Å². The van der Waals surface area contributed by atoms with Gasteiger partial charge in [0.05, 0.1) is 10.5 Å². The standard InChI is InChI=1S/C19H19FN6O4S/c1-3-15(27)25-31(29,30)13-9-7-12(8-10-13)22-19-23-18(21)26(24-19)17(28)16-11(2)5-4-6-14(16)20/h4-10H,3H2,1-2H3,(H,25,27)(H3,21,22,23,24). The Labute approximate surface area is 177 Å². The molecule has 0 aliphatic rings. The first-order chi connectivity index (χ1) is 14.6. The van der Waals surface area contributed by atoms with Gasteiger partial charge in [-0.3, -0.25) is 9.59 Å². The topological polar surface area (TPSA) is 149 Å². The van der Waals surface area contributed by atoms with Crippen molar-refractivity contribution in [2.45, 2.75) is 25.2 Å². The van der Waals surface area contributed by atoms with Gasteiger partial charge in [-0.25, -0.2) is 17.5 Å². The number of rotatable bonds is 6. The van der Waals surface area contributed by atoms with Gasteiger partial charge in [0.2, 0.25) is 17.8 Å². The van der Waals surface area contributed by atoms with E-state index in [9.17, 15) is 22.4 Å². The van der Waals surface area contributed by atoms with Gasteiger partial charge in [0, 0.05) is 12.1 Å². The summed E-state index contributed by atoms with van der Waals surface area (Å²) in [6, 6.07) is 9.63. The fraction of sp³-hybridized carbons (Fsp3) is 0.158. The van der Waals surface area contributed by atoms with Gasteiger partial charge < -0.3 is 11.1 Å². The Bertz CT molecular complexity index is 1230. The number of aryl methyl sites for hydroxylation is 1. The zero-order chi connectivity index (χ0) is 22.8. The Morgan fingerprint density at radius 3 is 2.45 bits per heavy atom. The van der Waals surface area contributed by atoms with Crippen LogP contribution in [0, 0.1) is 12.7 Å². The quantitative estimate of drug-likeness (QED) is 0.520. The van der Waals surface area contributed by atoms with Gasteiger partial charge in [-0.15, -0.1) is 5.10 Å². The summed E-state index contributed by atoms with van der Waals surface area (Å²) in [7, 11) is -3.98. The summed E-state index contributed by atoms with van der Waals surface area (Å²) in [4.78, 5) is 27.8. The van der Waals surface area contributed by atoms with E-state index in [1.54, 1.807) is 13.0 Å². The molecule has 10 nitrogen and oxygen atoms in total. The Hall–Kier alpha value is -3.80. The van der Waals surface area contributed by atoms with Crippen LogP contribution in [0.4, 0.5) is 22.0 Å². The number of carbonyl (C=O) groups is 2. The number of nitrogens with zero attached hydrogens (tertiary/aromatic N) is 3. The molecule has 1 aromatic heterocycles. The number of carbonyl (C=O) groups excluding carboxylic acids is 2. The summed E-state index contributed by atoms with van der Waals surface area (Å²) in [5.41, 5.74) is 6.40. The van der Waals surface area contributed by atoms with E-state index < -0.39 is 27.7 Å². The minimum Gasteiger partial charge on any atom is -0.368 e. The van der Waals surface area contributed by atoms with Crippen molar-refractivity contribution in [3.8, 4) is 0 Å². The summed E-state index contributed by atoms with van der Waals surface area (Å²) >= 11 is 0. The molecule has 0 saturated carbocycles. The molecule has 0 bridgehead atoms. The Morgan fingerprint density at radius 1 is 1.16 bits per heavy atom. The first-order valence-corrected chi connectivity index (χ1v) is 10.6. The van der Waals surface area contributed by atoms with Gasteiger partial charge in [0.25, 0.3) is 15.9 Å². The van der Waals surface area contributed by atoms with Gasteiger partial charge in [-0.05, 0) is 42.8 Å². The van der Waals surface area contributed by atoms with E-state index in [4.69, 9.17) is 5.73 Å². The monoisotopic (exact) mass is 446 g/mol. The highest BCUT2D eigenvalue weighted by molar-refractivity contribution is 7.90. The molecule has 0 fully saturated rings. The number of benzene rings is 2. The first kappa shape index (κ1) is 21.9. The normalized spacial score (nSPS) is 11.2. The van der Waals surface area contributed by atoms with Crippen LogP contribution < -0.4 is 15.8 Å². The van der Waals surface area contributed by atoms with Gasteiger partial charge in [-0.1, -0.05) is 19.1 Å². The number of hydrogen-bond donors (Lipinski definition) is 3. The van der Waals surface area contributed by atoms with Crippen LogP contribution in [0.2, 0.25) is 0 Å². The van der Waals surface area contributed by atoms with E-state index in [0.717, 1.165) is 10.7 Å². The second-order valence-corrected chi connectivity index (χ2v) is 8.16. The molecule has 12 heteroatoms. The van der Waals surface area contributed by atoms with Crippen LogP contribution in [0.25, 0.3) is 0 Å². The first-order valence-electron chi connectivity index (χ1n) is 9.07. The van der Waals surface area contributed by atoms with Crippen molar-refractivity contribution in [2.24, 2.45) is 0 Å². The molecule has 0 aliphatic heterocycles. The second kappa shape index (κ2) is 8.52. The molecular weight excluding hydrogens is 427 g/mol. The van der Waals surface area contributed by atoms with Crippen LogP contribution in [0.1, 0.15) is 29.3 Å². The fourth-order valence-corrected chi connectivity index (χ4v) is 3.72. The Balaban J connectivity index is 1.81. The highest BCUT2D eigenvalue weighted by atomic mass is 32.2. The molecule has 3 aromatic rings. The SMILES string of the molecule is CCC(=O)NS(=O)(=O)c1ccc(Nc2nc(N)n(C(=O)c3c(C)cccc3F)n2)cc1. The van der Waals surface area contributed by atoms with Gasteiger partial charge in [-0.2, -0.15) is 9.67 Å². The predicted molar refractivity (Wildman–Crippen MR) is 111 cm³/mol. The zero-order valence-corrected chi connectivity index (χ0v) is 17.4. The molecule has 0 spiro atoms. The fourth-order valence-electron chi connectivity index (χ4n) is 2.66. The lowest BCUT2D eigenvalue weighted by Gasteiger charge is -2.07.